The van der Waals surface area contributed by atoms with Gasteiger partial charge >= 0.3 is 5.97 Å². The summed E-state index contributed by atoms with van der Waals surface area (Å²) in [6.07, 6.45) is 6.57. The molecule has 7 heteroatoms. The van der Waals surface area contributed by atoms with Crippen molar-refractivity contribution in [2.75, 3.05) is 13.1 Å². The molecule has 2 aromatic carbocycles. The second kappa shape index (κ2) is 12.6. The molecule has 0 unspecified atom stereocenters. The Labute approximate surface area is 212 Å². The Morgan fingerprint density at radius 3 is 2.00 bits per heavy atom. The molecule has 36 heavy (non-hydrogen) atoms. The van der Waals surface area contributed by atoms with Crippen LogP contribution in [0.3, 0.4) is 0 Å². The van der Waals surface area contributed by atoms with Gasteiger partial charge in [0.05, 0.1) is 12.0 Å². The highest BCUT2D eigenvalue weighted by Crippen LogP contribution is 2.35. The average Bonchev–Trinajstić information content (AvgIpc) is 2.92. The molecule has 0 saturated heterocycles. The second-order valence-electron chi connectivity index (χ2n) is 9.96. The van der Waals surface area contributed by atoms with Crippen LogP contribution in [-0.2, 0) is 9.59 Å². The summed E-state index contributed by atoms with van der Waals surface area (Å²) >= 11 is 0. The van der Waals surface area contributed by atoms with Crippen LogP contribution in [-0.4, -0.2) is 42.1 Å². The molecular weight excluding hydrogens is 456 g/mol. The van der Waals surface area contributed by atoms with Crippen LogP contribution in [0.5, 0.6) is 5.75 Å². The number of rotatable bonds is 9. The third kappa shape index (κ3) is 7.09. The predicted octanol–water partition coefficient (Wildman–Crippen LogP) is 4.53. The van der Waals surface area contributed by atoms with E-state index in [2.05, 4.69) is 34.9 Å². The molecular formula is C29H36N2O5. The number of hydrogen-bond donors (Lipinski definition) is 3. The number of carbonyl (C=O) groups is 3. The molecule has 4 rings (SSSR count). The van der Waals surface area contributed by atoms with Gasteiger partial charge < -0.3 is 20.5 Å². The molecule has 2 aliphatic rings. The number of benzene rings is 2. The smallest absolute Gasteiger partial charge is 0.306 e. The molecule has 2 aromatic rings. The highest BCUT2D eigenvalue weighted by Gasteiger charge is 2.28. The quantitative estimate of drug-likeness (QED) is 0.446. The van der Waals surface area contributed by atoms with E-state index in [-0.39, 0.29) is 29.8 Å². The van der Waals surface area contributed by atoms with E-state index in [1.54, 1.807) is 24.3 Å². The average molecular weight is 493 g/mol. The van der Waals surface area contributed by atoms with Crippen LogP contribution >= 0.6 is 0 Å². The van der Waals surface area contributed by atoms with E-state index in [0.29, 0.717) is 43.2 Å². The Kier molecular flexibility index (Phi) is 8.98. The summed E-state index contributed by atoms with van der Waals surface area (Å²) in [5, 5.41) is 14.9. The Hall–Kier alpha value is -3.35. The molecule has 2 amide bonds. The normalized spacial score (nSPS) is 23.9. The maximum Gasteiger partial charge on any atom is 0.306 e. The van der Waals surface area contributed by atoms with E-state index >= 15 is 0 Å². The lowest BCUT2D eigenvalue weighted by Crippen LogP contribution is -2.38. The molecule has 0 aromatic heterocycles. The molecule has 3 N–H and O–H groups in total. The lowest BCUT2D eigenvalue weighted by molar-refractivity contribution is -0.143. The van der Waals surface area contributed by atoms with Gasteiger partial charge in [0.25, 0.3) is 5.91 Å². The summed E-state index contributed by atoms with van der Waals surface area (Å²) in [4.78, 5) is 36.1. The minimum absolute atomic E-state index is 0.0114. The summed E-state index contributed by atoms with van der Waals surface area (Å²) in [6.45, 7) is 0.776. The van der Waals surface area contributed by atoms with Crippen LogP contribution < -0.4 is 15.4 Å². The maximum absolute atomic E-state index is 12.5. The van der Waals surface area contributed by atoms with Crippen LogP contribution in [0, 0.1) is 11.8 Å². The first-order valence-corrected chi connectivity index (χ1v) is 13.1. The number of hydrogen-bond acceptors (Lipinski definition) is 4. The standard InChI is InChI=1S/C29H36N2O5/c32-27(22-8-6-21(7-9-22)20-4-2-1-3-5-20)30-18-19-31-28(33)23-10-14-25(15-11-23)36-26-16-12-24(13-17-26)29(34)35/h1-5,10-11,14-15,21-22,24,26H,6-9,12-13,16-19H2,(H,30,32)(H,31,33)(H,34,35). The number of carbonyl (C=O) groups excluding carboxylic acids is 2. The van der Waals surface area contributed by atoms with Crippen molar-refractivity contribution in [3.05, 3.63) is 65.7 Å². The van der Waals surface area contributed by atoms with Crippen LogP contribution in [0.25, 0.3) is 0 Å². The summed E-state index contributed by atoms with van der Waals surface area (Å²) in [7, 11) is 0. The fourth-order valence-electron chi connectivity index (χ4n) is 5.33. The molecule has 7 nitrogen and oxygen atoms in total. The van der Waals surface area contributed by atoms with Gasteiger partial charge in [-0.2, -0.15) is 0 Å². The molecule has 0 heterocycles. The molecule has 0 aliphatic heterocycles. The summed E-state index contributed by atoms with van der Waals surface area (Å²) < 4.78 is 5.96. The van der Waals surface area contributed by atoms with E-state index in [4.69, 9.17) is 9.84 Å². The van der Waals surface area contributed by atoms with Crippen LogP contribution in [0.2, 0.25) is 0 Å². The zero-order valence-electron chi connectivity index (χ0n) is 20.7. The van der Waals surface area contributed by atoms with Crippen molar-refractivity contribution < 1.29 is 24.2 Å². The first-order valence-electron chi connectivity index (χ1n) is 13.1. The number of ether oxygens (including phenoxy) is 1. The fourth-order valence-corrected chi connectivity index (χ4v) is 5.33. The van der Waals surface area contributed by atoms with Gasteiger partial charge in [0.2, 0.25) is 5.91 Å². The molecule has 0 spiro atoms. The van der Waals surface area contributed by atoms with Crippen LogP contribution in [0.4, 0.5) is 0 Å². The second-order valence-corrected chi connectivity index (χ2v) is 9.96. The van der Waals surface area contributed by atoms with Gasteiger partial charge in [-0.15, -0.1) is 0 Å². The third-order valence-electron chi connectivity index (χ3n) is 7.52. The van der Waals surface area contributed by atoms with Gasteiger partial charge in [0.1, 0.15) is 5.75 Å². The molecule has 2 aliphatic carbocycles. The molecule has 2 fully saturated rings. The fraction of sp³-hybridized carbons (Fsp3) is 0.483. The van der Waals surface area contributed by atoms with Crippen molar-refractivity contribution in [1.82, 2.24) is 10.6 Å². The minimum atomic E-state index is -0.727. The summed E-state index contributed by atoms with van der Waals surface area (Å²) in [6, 6.07) is 17.5. The first-order chi connectivity index (χ1) is 17.5. The highest BCUT2D eigenvalue weighted by atomic mass is 16.5. The van der Waals surface area contributed by atoms with Crippen molar-refractivity contribution in [2.45, 2.75) is 63.4 Å². The third-order valence-corrected chi connectivity index (χ3v) is 7.52. The van der Waals surface area contributed by atoms with E-state index in [0.717, 1.165) is 38.5 Å². The summed E-state index contributed by atoms with van der Waals surface area (Å²) in [5.41, 5.74) is 1.89. The monoisotopic (exact) mass is 492 g/mol. The number of aliphatic carboxylic acids is 1. The number of amides is 2. The van der Waals surface area contributed by atoms with Crippen molar-refractivity contribution in [2.24, 2.45) is 11.8 Å². The number of carboxylic acid groups (broad SMARTS) is 1. The zero-order valence-corrected chi connectivity index (χ0v) is 20.7. The lowest BCUT2D eigenvalue weighted by atomic mass is 9.78. The van der Waals surface area contributed by atoms with E-state index in [9.17, 15) is 14.4 Å². The van der Waals surface area contributed by atoms with Crippen molar-refractivity contribution in [3.8, 4) is 5.75 Å². The Bertz CT molecular complexity index is 1010. The van der Waals surface area contributed by atoms with Gasteiger partial charge in [-0.05, 0) is 87.1 Å². The maximum atomic E-state index is 12.5. The van der Waals surface area contributed by atoms with E-state index in [1.165, 1.54) is 5.56 Å². The first kappa shape index (κ1) is 25.7. The van der Waals surface area contributed by atoms with Crippen molar-refractivity contribution >= 4 is 17.8 Å². The van der Waals surface area contributed by atoms with E-state index in [1.807, 2.05) is 6.07 Å². The highest BCUT2D eigenvalue weighted by molar-refractivity contribution is 5.94. The molecule has 0 radical (unpaired) electrons. The van der Waals surface area contributed by atoms with Gasteiger partial charge in [0.15, 0.2) is 0 Å². The molecule has 192 valence electrons. The lowest BCUT2D eigenvalue weighted by Gasteiger charge is -2.28. The Morgan fingerprint density at radius 2 is 1.36 bits per heavy atom. The SMILES string of the molecule is O=C(NCCNC(=O)C1CCC(c2ccccc2)CC1)c1ccc(OC2CCC(C(=O)O)CC2)cc1. The Morgan fingerprint density at radius 1 is 0.750 bits per heavy atom. The van der Waals surface area contributed by atoms with Crippen LogP contribution in [0.1, 0.15) is 73.2 Å². The zero-order chi connectivity index (χ0) is 25.3. The van der Waals surface area contributed by atoms with Gasteiger partial charge in [-0.25, -0.2) is 0 Å². The van der Waals surface area contributed by atoms with Crippen molar-refractivity contribution in [3.63, 3.8) is 0 Å². The van der Waals surface area contributed by atoms with E-state index < -0.39 is 5.97 Å². The van der Waals surface area contributed by atoms with Gasteiger partial charge in [-0.3, -0.25) is 14.4 Å². The molecule has 2 saturated carbocycles. The number of carboxylic acids is 1. The Balaban J connectivity index is 1.12. The van der Waals surface area contributed by atoms with Gasteiger partial charge in [-0.1, -0.05) is 30.3 Å². The largest absolute Gasteiger partial charge is 0.490 e. The minimum Gasteiger partial charge on any atom is -0.490 e. The summed E-state index contributed by atoms with van der Waals surface area (Å²) in [5.74, 6) is 0.158. The predicted molar refractivity (Wildman–Crippen MR) is 137 cm³/mol. The topological polar surface area (TPSA) is 105 Å². The van der Waals surface area contributed by atoms with Crippen LogP contribution in [0.15, 0.2) is 54.6 Å². The van der Waals surface area contributed by atoms with Crippen molar-refractivity contribution in [1.29, 1.82) is 0 Å². The number of nitrogens with one attached hydrogen (secondary N) is 2. The van der Waals surface area contributed by atoms with Gasteiger partial charge in [0, 0.05) is 24.6 Å². The molecule has 0 bridgehead atoms. The molecule has 0 atom stereocenters.